The molecule has 2 aromatic heterocycles. The van der Waals surface area contributed by atoms with E-state index in [0.29, 0.717) is 38.0 Å². The molecule has 0 aliphatic carbocycles. The molecule has 0 saturated heterocycles. The van der Waals surface area contributed by atoms with Gasteiger partial charge in [-0.25, -0.2) is 13.4 Å². The summed E-state index contributed by atoms with van der Waals surface area (Å²) in [6, 6.07) is 11.2. The molecule has 0 amide bonds. The van der Waals surface area contributed by atoms with Crippen LogP contribution in [0.3, 0.4) is 0 Å². The van der Waals surface area contributed by atoms with Gasteiger partial charge in [0.15, 0.2) is 15.5 Å². The van der Waals surface area contributed by atoms with Crippen LogP contribution >= 0.6 is 22.6 Å². The van der Waals surface area contributed by atoms with Crippen molar-refractivity contribution in [3.63, 3.8) is 0 Å². The minimum absolute atomic E-state index is 0.313. The smallest absolute Gasteiger partial charge is 0.175 e. The Kier molecular flexibility index (Phi) is 10.6. The first-order valence-electron chi connectivity index (χ1n) is 12.8. The molecule has 0 spiro atoms. The minimum Gasteiger partial charge on any atom is -0.361 e. The summed E-state index contributed by atoms with van der Waals surface area (Å²) in [5, 5.41) is 4.60. The largest absolute Gasteiger partial charge is 0.361 e. The molecule has 0 saturated carbocycles. The van der Waals surface area contributed by atoms with E-state index in [4.69, 9.17) is 14.5 Å². The van der Waals surface area contributed by atoms with Crippen molar-refractivity contribution in [2.24, 2.45) is 0 Å². The Bertz CT molecular complexity index is 1300. The summed E-state index contributed by atoms with van der Waals surface area (Å²) in [7, 11) is -5.65. The highest BCUT2D eigenvalue weighted by Gasteiger charge is 2.19. The average Bonchev–Trinajstić information content (AvgIpc) is 3.16. The molecule has 0 unspecified atom stereocenters. The van der Waals surface area contributed by atoms with E-state index in [-0.39, 0.29) is 0 Å². The van der Waals surface area contributed by atoms with Crippen molar-refractivity contribution < 1.29 is 17.9 Å². The lowest BCUT2D eigenvalue weighted by Crippen LogP contribution is -2.33. The lowest BCUT2D eigenvalue weighted by atomic mass is 10.1. The Morgan fingerprint density at radius 1 is 0.947 bits per heavy atom. The van der Waals surface area contributed by atoms with Gasteiger partial charge in [-0.05, 0) is 52.4 Å². The molecule has 0 aliphatic heterocycles. The molecular formula is C26H41IN4O4SSi2. The maximum Gasteiger partial charge on any atom is 0.175 e. The Morgan fingerprint density at radius 3 is 2.00 bits per heavy atom. The summed E-state index contributed by atoms with van der Waals surface area (Å²) in [5.74, 6) is 0.863. The average molecular weight is 689 g/mol. The molecule has 12 heteroatoms. The summed E-state index contributed by atoms with van der Waals surface area (Å²) >= 11 is 2.26. The van der Waals surface area contributed by atoms with Crippen LogP contribution in [-0.2, 0) is 25.7 Å². The van der Waals surface area contributed by atoms with E-state index < -0.39 is 26.0 Å². The predicted molar refractivity (Wildman–Crippen MR) is 168 cm³/mol. The monoisotopic (exact) mass is 688 g/mol. The van der Waals surface area contributed by atoms with Crippen molar-refractivity contribution >= 4 is 60.0 Å². The van der Waals surface area contributed by atoms with E-state index in [1.54, 1.807) is 12.1 Å². The molecule has 3 rings (SSSR count). The summed E-state index contributed by atoms with van der Waals surface area (Å²) < 4.78 is 38.8. The number of aromatic nitrogens is 3. The second kappa shape index (κ2) is 12.9. The van der Waals surface area contributed by atoms with Gasteiger partial charge in [0, 0.05) is 48.1 Å². The topological polar surface area (TPSA) is 86.0 Å². The number of benzene rings is 1. The lowest BCUT2D eigenvalue weighted by molar-refractivity contribution is 0.0942. The molecule has 38 heavy (non-hydrogen) atoms. The van der Waals surface area contributed by atoms with Gasteiger partial charge in [0.1, 0.15) is 19.3 Å². The molecule has 8 nitrogen and oxygen atoms in total. The Hall–Kier alpha value is -1.33. The molecule has 1 aromatic carbocycles. The SMILES string of the molecule is C[Si](C)(C)CCOCN(COCC[Si](C)(C)C)c1cc(Cc2ccc(S(C)(=O)=O)cc2)nc2c(I)cnn12. The highest BCUT2D eigenvalue weighted by Crippen LogP contribution is 2.23. The van der Waals surface area contributed by atoms with Crippen LogP contribution in [-0.4, -0.2) is 72.1 Å². The molecule has 0 aliphatic rings. The van der Waals surface area contributed by atoms with Crippen molar-refractivity contribution in [3.05, 3.63) is 51.4 Å². The molecule has 2 heterocycles. The lowest BCUT2D eigenvalue weighted by Gasteiger charge is -2.26. The van der Waals surface area contributed by atoms with E-state index in [2.05, 4.69) is 71.9 Å². The summed E-state index contributed by atoms with van der Waals surface area (Å²) in [6.45, 7) is 16.3. The van der Waals surface area contributed by atoms with Crippen LogP contribution < -0.4 is 4.90 Å². The molecule has 0 N–H and O–H groups in total. The zero-order chi connectivity index (χ0) is 28.1. The maximum absolute atomic E-state index is 11.9. The fourth-order valence-corrected chi connectivity index (χ4v) is 6.24. The number of ether oxygens (including phenoxy) is 2. The molecule has 0 atom stereocenters. The van der Waals surface area contributed by atoms with Crippen LogP contribution in [0.2, 0.25) is 51.4 Å². The van der Waals surface area contributed by atoms with E-state index in [1.807, 2.05) is 28.9 Å². The number of hydrogen-bond acceptors (Lipinski definition) is 7. The Labute approximate surface area is 243 Å². The van der Waals surface area contributed by atoms with Gasteiger partial charge in [0.2, 0.25) is 0 Å². The van der Waals surface area contributed by atoms with E-state index in [9.17, 15) is 8.42 Å². The van der Waals surface area contributed by atoms with Crippen LogP contribution in [0.4, 0.5) is 5.82 Å². The number of fused-ring (bicyclic) bond motifs is 1. The van der Waals surface area contributed by atoms with E-state index in [1.165, 1.54) is 6.26 Å². The molecule has 0 radical (unpaired) electrons. The van der Waals surface area contributed by atoms with Crippen molar-refractivity contribution in [1.82, 2.24) is 14.6 Å². The van der Waals surface area contributed by atoms with Crippen molar-refractivity contribution in [1.29, 1.82) is 0 Å². The van der Waals surface area contributed by atoms with Gasteiger partial charge < -0.3 is 14.4 Å². The first-order chi connectivity index (χ1) is 17.6. The number of sulfone groups is 1. The third kappa shape index (κ3) is 9.70. The second-order valence-corrected chi connectivity index (χ2v) is 26.6. The number of hydrogen-bond donors (Lipinski definition) is 0. The van der Waals surface area contributed by atoms with Gasteiger partial charge in [-0.2, -0.15) is 9.61 Å². The fourth-order valence-electron chi connectivity index (χ4n) is 3.62. The highest BCUT2D eigenvalue weighted by atomic mass is 127. The first-order valence-corrected chi connectivity index (χ1v) is 23.2. The molecule has 3 aromatic rings. The van der Waals surface area contributed by atoms with Gasteiger partial charge in [0.25, 0.3) is 0 Å². The van der Waals surface area contributed by atoms with E-state index in [0.717, 1.165) is 38.4 Å². The standard InChI is InChI=1S/C26H41IN4O4SSi2/c1-36(32,33)23-10-8-21(9-11-23)16-22-17-25(31-26(29-22)24(27)18-28-31)30(19-34-12-14-37(2,3)4)20-35-13-15-38(5,6)7/h8-11,17-18H,12-16,19-20H2,1-7H3. The third-order valence-electron chi connectivity index (χ3n) is 6.01. The van der Waals surface area contributed by atoms with Crippen LogP contribution in [0.1, 0.15) is 11.3 Å². The normalized spacial score (nSPS) is 12.8. The van der Waals surface area contributed by atoms with Gasteiger partial charge in [-0.15, -0.1) is 0 Å². The second-order valence-electron chi connectivity index (χ2n) is 12.2. The van der Waals surface area contributed by atoms with Crippen molar-refractivity contribution in [3.8, 4) is 0 Å². The predicted octanol–water partition coefficient (Wildman–Crippen LogP) is 5.76. The Balaban J connectivity index is 1.88. The molecular weight excluding hydrogens is 647 g/mol. The Morgan fingerprint density at radius 2 is 1.50 bits per heavy atom. The van der Waals surface area contributed by atoms with Crippen molar-refractivity contribution in [2.45, 2.75) is 62.7 Å². The number of rotatable bonds is 14. The number of anilines is 1. The zero-order valence-electron chi connectivity index (χ0n) is 23.6. The number of halogens is 1. The van der Waals surface area contributed by atoms with Crippen LogP contribution in [0.25, 0.3) is 5.65 Å². The summed E-state index contributed by atoms with van der Waals surface area (Å²) in [6.07, 6.45) is 3.60. The molecule has 210 valence electrons. The van der Waals surface area contributed by atoms with Gasteiger partial charge in [0.05, 0.1) is 20.4 Å². The molecule has 0 fully saturated rings. The first kappa shape index (κ1) is 31.2. The van der Waals surface area contributed by atoms with Crippen LogP contribution in [0.15, 0.2) is 41.4 Å². The van der Waals surface area contributed by atoms with Crippen LogP contribution in [0, 0.1) is 3.57 Å². The number of nitrogens with zero attached hydrogens (tertiary/aromatic N) is 4. The summed E-state index contributed by atoms with van der Waals surface area (Å²) in [4.78, 5) is 7.28. The highest BCUT2D eigenvalue weighted by molar-refractivity contribution is 14.1. The third-order valence-corrected chi connectivity index (χ3v) is 11.3. The maximum atomic E-state index is 11.9. The fraction of sp³-hybridized carbons (Fsp3) is 0.538. The van der Waals surface area contributed by atoms with E-state index >= 15 is 0 Å². The quantitative estimate of drug-likeness (QED) is 0.0922. The zero-order valence-corrected chi connectivity index (χ0v) is 28.6. The molecule has 0 bridgehead atoms. The minimum atomic E-state index is -3.24. The van der Waals surface area contributed by atoms with Crippen LogP contribution in [0.5, 0.6) is 0 Å². The van der Waals surface area contributed by atoms with Gasteiger partial charge in [-0.3, -0.25) is 0 Å². The summed E-state index contributed by atoms with van der Waals surface area (Å²) in [5.41, 5.74) is 2.63. The van der Waals surface area contributed by atoms with Gasteiger partial charge in [-0.1, -0.05) is 51.4 Å². The van der Waals surface area contributed by atoms with Crippen molar-refractivity contribution in [2.75, 3.05) is 37.8 Å². The van der Waals surface area contributed by atoms with Gasteiger partial charge >= 0.3 is 0 Å².